The zero-order valence-electron chi connectivity index (χ0n) is 72.6. The first-order valence-corrected chi connectivity index (χ1v) is 52.7. The van der Waals surface area contributed by atoms with Crippen molar-refractivity contribution in [3.8, 4) is 45.4 Å². The molecule has 0 bridgehead atoms. The Bertz CT molecular complexity index is 6090. The number of anilines is 2. The molecule has 0 unspecified atom stereocenters. The quantitative estimate of drug-likeness (QED) is 0.0123. The number of hydrogen-bond acceptors (Lipinski definition) is 14. The molecule has 128 heavy (non-hydrogen) atoms. The number of nitrogens with one attached hydrogen (secondary N) is 2. The molecule has 8 aromatic heterocycles. The molecule has 0 fully saturated rings. The van der Waals surface area contributed by atoms with Crippen molar-refractivity contribution in [2.75, 3.05) is 24.0 Å². The van der Waals surface area contributed by atoms with E-state index in [2.05, 4.69) is 173 Å². The van der Waals surface area contributed by atoms with Crippen LogP contribution in [-0.2, 0) is 63.8 Å². The molecule has 0 aliphatic heterocycles. The number of benzene rings is 8. The first-order valence-electron chi connectivity index (χ1n) is 41.8. The standard InChI is InChI=1S/C33H28FN5O2.C23H22BN3O4.2C10H8BrFN2.C6H3BrFI.C4H5N2.3C4H9.Sn/c1-38-16-15-35-31(38)24-13-14-25(28(34)17-24)29-18-26-27(33(40)41-2)19-36-32(30(26)37-29)39(20-22-9-5-3-6-10-22)21-23-11-7-4-8-12-23;1-31-23(28)19-13-25-22(21-18(19)12-20(26-21)24(29)30)27(14-16-8-4-2-5-9-16)15-17-10-6-3-7-11-17;2*1-14-5-4-13-10(14)7-2-3-8(11)9(12)6-7;7-5-2-1-4(9)3-6(5)8;1-6-3-2-5-4-6;3*1-3-4-2;/h3-19,37H,20-21H2,1-2H3;2-13,26,29-30H,14-15H2,1H3;2*2-6H,1H3;1-3H;2-3H,1H3;3*1,3-4H2,2H3;. The zero-order chi connectivity index (χ0) is 91.4. The molecule has 0 spiro atoms. The van der Waals surface area contributed by atoms with Gasteiger partial charge in [-0.1, -0.05) is 127 Å². The zero-order valence-corrected chi connectivity index (χ0v) is 82.4. The number of carbonyl (C=O) groups is 2. The van der Waals surface area contributed by atoms with Gasteiger partial charge in [0.2, 0.25) is 0 Å². The Balaban J connectivity index is 0.000000160. The van der Waals surface area contributed by atoms with Gasteiger partial charge in [0.25, 0.3) is 0 Å². The fraction of sp³-hybridized carbons (Fsp3) is 0.224. The number of hydrogen-bond donors (Lipinski definition) is 4. The molecule has 0 amide bonds. The first kappa shape index (κ1) is 97.8. The smallest absolute Gasteiger partial charge is 0.465 e. The molecule has 0 atom stereocenters. The van der Waals surface area contributed by atoms with E-state index in [1.807, 2.05) is 181 Å². The second-order valence-electron chi connectivity index (χ2n) is 30.5. The third kappa shape index (κ3) is 26.0. The van der Waals surface area contributed by atoms with Crippen molar-refractivity contribution in [2.24, 2.45) is 28.2 Å². The van der Waals surface area contributed by atoms with Gasteiger partial charge in [-0.15, -0.1) is 0 Å². The second kappa shape index (κ2) is 48.0. The molecule has 8 aromatic carbocycles. The van der Waals surface area contributed by atoms with Gasteiger partial charge in [-0.3, -0.25) is 0 Å². The summed E-state index contributed by atoms with van der Waals surface area (Å²) in [7, 11) is 8.76. The molecule has 0 radical (unpaired) electrons. The summed E-state index contributed by atoms with van der Waals surface area (Å²) in [5, 5.41) is 20.5. The first-order chi connectivity index (χ1) is 61.8. The summed E-state index contributed by atoms with van der Waals surface area (Å²) in [5.74, 6) is 1.23. The summed E-state index contributed by atoms with van der Waals surface area (Å²) >= 11 is 9.09. The number of aromatic nitrogens is 12. The van der Waals surface area contributed by atoms with Crippen LogP contribution in [0.2, 0.25) is 13.3 Å². The number of unbranched alkanes of at least 4 members (excludes halogenated alkanes) is 3. The van der Waals surface area contributed by atoms with Gasteiger partial charge in [0.15, 0.2) is 11.6 Å². The van der Waals surface area contributed by atoms with Gasteiger partial charge < -0.3 is 53.0 Å². The van der Waals surface area contributed by atoms with E-state index < -0.39 is 43.3 Å². The number of methoxy groups -OCH3 is 2. The van der Waals surface area contributed by atoms with E-state index in [1.165, 1.54) is 107 Å². The minimum Gasteiger partial charge on any atom is -0.465 e. The predicted molar refractivity (Wildman–Crippen MR) is 525 cm³/mol. The normalized spacial score (nSPS) is 10.9. The summed E-state index contributed by atoms with van der Waals surface area (Å²) in [6.45, 7) is 9.29. The topological polar surface area (TPSA) is 228 Å². The number of H-pyrrole nitrogens is 2. The van der Waals surface area contributed by atoms with Gasteiger partial charge in [-0.2, -0.15) is 0 Å². The number of nitrogens with zero attached hydrogens (tertiary/aromatic N) is 12. The van der Waals surface area contributed by atoms with Crippen LogP contribution in [-0.4, -0.2) is 120 Å². The number of halogens is 8. The molecule has 8 heterocycles. The molecule has 662 valence electrons. The maximum absolute atomic E-state index is 15.6. The maximum atomic E-state index is 15.6. The van der Waals surface area contributed by atoms with Gasteiger partial charge in [-0.05, 0) is 171 Å². The van der Waals surface area contributed by atoms with Crippen LogP contribution in [0.5, 0.6) is 0 Å². The van der Waals surface area contributed by atoms with E-state index >= 15 is 4.39 Å². The number of imidazole rings is 4. The number of pyridine rings is 2. The van der Waals surface area contributed by atoms with Crippen molar-refractivity contribution < 1.29 is 46.7 Å². The van der Waals surface area contributed by atoms with Gasteiger partial charge in [-0.25, -0.2) is 52.1 Å². The molecule has 0 aliphatic carbocycles. The van der Waals surface area contributed by atoms with Crippen LogP contribution in [0.4, 0.5) is 29.2 Å². The average Bonchev–Trinajstić information content (AvgIpc) is 1.58. The fourth-order valence-corrected chi connectivity index (χ4v) is 32.3. The minimum atomic E-state index is -2.24. The van der Waals surface area contributed by atoms with Crippen molar-refractivity contribution in [3.63, 3.8) is 0 Å². The van der Waals surface area contributed by atoms with Gasteiger partial charge in [0.1, 0.15) is 40.7 Å². The number of rotatable bonds is 27. The van der Waals surface area contributed by atoms with Crippen LogP contribution in [0.15, 0.2) is 282 Å². The van der Waals surface area contributed by atoms with E-state index in [0.717, 1.165) is 48.6 Å². The van der Waals surface area contributed by atoms with Crippen molar-refractivity contribution in [1.29, 1.82) is 0 Å². The predicted octanol–water partition coefficient (Wildman–Crippen LogP) is 22.6. The van der Waals surface area contributed by atoms with Crippen LogP contribution < -0.4 is 19.2 Å². The Hall–Kier alpha value is -10.8. The Labute approximate surface area is 786 Å². The Morgan fingerprint density at radius 3 is 1.12 bits per heavy atom. The minimum absolute atomic E-state index is 0.175. The fourth-order valence-electron chi connectivity index (χ4n) is 14.8. The van der Waals surface area contributed by atoms with Crippen LogP contribution in [0, 0.1) is 26.8 Å². The van der Waals surface area contributed by atoms with Crippen molar-refractivity contribution >= 4 is 151 Å². The van der Waals surface area contributed by atoms with Crippen LogP contribution in [0.25, 0.3) is 67.2 Å². The van der Waals surface area contributed by atoms with E-state index in [-0.39, 0.29) is 28.6 Å². The summed E-state index contributed by atoms with van der Waals surface area (Å²) < 4.78 is 80.8. The number of fused-ring (bicyclic) bond motifs is 2. The SMILES string of the molecule is CCC[CH2][Sn]([CH2]CCC)([CH2]CCC)[c]1nccn1C.COC(=O)c1cnc(N(Cc2ccccc2)Cc2ccccc2)c2[nH]c(-c3ccc(-c4nccn4C)cc3F)cc12.COC(=O)c1cnc(N(Cc2ccccc2)Cc2ccccc2)c2[nH]c(B(O)O)cc12.Cn1ccnc1-c1ccc(Br)c(F)c1.Cn1ccnc1-c1ccc(Br)c(F)c1.Fc1cc(I)ccc1Br. The monoisotopic (exact) mass is 2140 g/mol. The van der Waals surface area contributed by atoms with Gasteiger partial charge >= 0.3 is 143 Å². The molecule has 4 N–H and O–H groups in total. The van der Waals surface area contributed by atoms with Crippen molar-refractivity contribution in [2.45, 2.75) is 98.8 Å². The Morgan fingerprint density at radius 2 is 0.797 bits per heavy atom. The number of esters is 2. The molecule has 0 aliphatic rings. The third-order valence-electron chi connectivity index (χ3n) is 21.4. The maximum Gasteiger partial charge on any atom is 0.505 e. The number of aromatic amines is 2. The molecular formula is C98H101BBr3F4IN14O6Sn. The third-order valence-corrected chi connectivity index (χ3v) is 39.3. The van der Waals surface area contributed by atoms with Crippen LogP contribution >= 0.6 is 70.4 Å². The van der Waals surface area contributed by atoms with Gasteiger partial charge in [0, 0.05) is 145 Å². The van der Waals surface area contributed by atoms with Crippen molar-refractivity contribution in [3.05, 3.63) is 342 Å². The summed E-state index contributed by atoms with van der Waals surface area (Å²) in [6.07, 6.45) is 26.0. The molecular weight excluding hydrogens is 2040 g/mol. The molecule has 20 nitrogen and oxygen atoms in total. The van der Waals surface area contributed by atoms with E-state index in [4.69, 9.17) is 19.4 Å². The average molecular weight is 2140 g/mol. The Kier molecular flexibility index (Phi) is 36.7. The largest absolute Gasteiger partial charge is 0.505 e. The molecule has 16 rings (SSSR count). The van der Waals surface area contributed by atoms with E-state index in [0.29, 0.717) is 101 Å². The van der Waals surface area contributed by atoms with E-state index in [1.54, 1.807) is 55.0 Å². The number of carbonyl (C=O) groups excluding carboxylic acids is 2. The molecule has 16 aromatic rings. The molecule has 0 saturated heterocycles. The second-order valence-corrected chi connectivity index (χ2v) is 47.2. The van der Waals surface area contributed by atoms with Crippen molar-refractivity contribution in [1.82, 2.24) is 58.1 Å². The Morgan fingerprint density at radius 1 is 0.445 bits per heavy atom. The summed E-state index contributed by atoms with van der Waals surface area (Å²) in [5.41, 5.74) is 9.44. The van der Waals surface area contributed by atoms with Crippen LogP contribution in [0.3, 0.4) is 0 Å². The van der Waals surface area contributed by atoms with Gasteiger partial charge in [0.05, 0.1) is 49.8 Å². The summed E-state index contributed by atoms with van der Waals surface area (Å²) in [4.78, 5) is 62.4. The van der Waals surface area contributed by atoms with Crippen LogP contribution in [0.1, 0.15) is 102 Å². The molecule has 0 saturated carbocycles. The number of ether oxygens (including phenoxy) is 2. The van der Waals surface area contributed by atoms with E-state index in [9.17, 15) is 32.8 Å². The number of aryl methyl sites for hydroxylation is 4. The summed E-state index contributed by atoms with van der Waals surface area (Å²) in [6, 6.07) is 63.6. The molecule has 30 heteroatoms.